The van der Waals surface area contributed by atoms with Crippen LogP contribution in [0.5, 0.6) is 0 Å². The van der Waals surface area contributed by atoms with Crippen LogP contribution in [-0.2, 0) is 18.3 Å². The third-order valence-electron chi connectivity index (χ3n) is 3.91. The molecule has 4 nitrogen and oxygen atoms in total. The van der Waals surface area contributed by atoms with Crippen molar-refractivity contribution in [3.63, 3.8) is 0 Å². The highest BCUT2D eigenvalue weighted by molar-refractivity contribution is 5.36. The maximum absolute atomic E-state index is 12.8. The van der Waals surface area contributed by atoms with Gasteiger partial charge in [0.25, 0.3) is 0 Å². The Balaban J connectivity index is 2.38. The Kier molecular flexibility index (Phi) is 5.09. The van der Waals surface area contributed by atoms with Crippen LogP contribution < -0.4 is 0 Å². The summed E-state index contributed by atoms with van der Waals surface area (Å²) in [6, 6.07) is 3.47. The second kappa shape index (κ2) is 6.70. The molecule has 1 aromatic heterocycles. The molecule has 0 bridgehead atoms. The fourth-order valence-electron chi connectivity index (χ4n) is 2.74. The summed E-state index contributed by atoms with van der Waals surface area (Å²) >= 11 is 0. The van der Waals surface area contributed by atoms with Gasteiger partial charge in [-0.15, -0.1) is 10.2 Å². The highest BCUT2D eigenvalue weighted by atomic mass is 19.4. The van der Waals surface area contributed by atoms with Gasteiger partial charge in [0.05, 0.1) is 12.1 Å². The highest BCUT2D eigenvalue weighted by Gasteiger charge is 2.34. The Morgan fingerprint density at radius 2 is 1.83 bits per heavy atom. The number of aromatic nitrogens is 3. The van der Waals surface area contributed by atoms with E-state index < -0.39 is 17.3 Å². The van der Waals surface area contributed by atoms with Crippen LogP contribution in [0.2, 0.25) is 0 Å². The summed E-state index contributed by atoms with van der Waals surface area (Å²) < 4.78 is 40.1. The van der Waals surface area contributed by atoms with Crippen molar-refractivity contribution in [3.8, 4) is 0 Å². The summed E-state index contributed by atoms with van der Waals surface area (Å²) in [6.45, 7) is 3.79. The molecule has 0 aliphatic rings. The van der Waals surface area contributed by atoms with Crippen LogP contribution in [0, 0.1) is 6.92 Å². The molecule has 0 aliphatic heterocycles. The number of halogens is 3. The normalized spacial score (nSPS) is 14.7. The van der Waals surface area contributed by atoms with E-state index in [4.69, 9.17) is 0 Å². The van der Waals surface area contributed by atoms with Crippen molar-refractivity contribution in [2.75, 3.05) is 0 Å². The maximum atomic E-state index is 12.8. The molecule has 0 spiro atoms. The van der Waals surface area contributed by atoms with Crippen molar-refractivity contribution in [3.05, 3.63) is 47.5 Å². The first-order chi connectivity index (χ1) is 10.8. The molecule has 1 aromatic carbocycles. The number of aliphatic hydroxyl groups is 1. The first-order valence-electron chi connectivity index (χ1n) is 7.49. The molecule has 1 unspecified atom stereocenters. The molecule has 2 aromatic rings. The Morgan fingerprint density at radius 1 is 1.17 bits per heavy atom. The molecule has 2 rings (SSSR count). The number of aryl methyl sites for hydroxylation is 1. The third kappa shape index (κ3) is 4.10. The number of hydrogen-bond donors (Lipinski definition) is 1. The lowest BCUT2D eigenvalue weighted by Crippen LogP contribution is -2.32. The van der Waals surface area contributed by atoms with Crippen LogP contribution in [0.1, 0.15) is 42.9 Å². The SMILES string of the molecule is CCCCC(O)(Cn1cnnc1)c1ccc(C(F)(F)F)cc1C. The van der Waals surface area contributed by atoms with Crippen molar-refractivity contribution < 1.29 is 18.3 Å². The zero-order chi connectivity index (χ0) is 17.1. The molecule has 23 heavy (non-hydrogen) atoms. The second-order valence-electron chi connectivity index (χ2n) is 5.80. The van der Waals surface area contributed by atoms with Crippen LogP contribution in [0.15, 0.2) is 30.9 Å². The molecule has 0 aliphatic carbocycles. The molecular weight excluding hydrogens is 307 g/mol. The van der Waals surface area contributed by atoms with E-state index >= 15 is 0 Å². The highest BCUT2D eigenvalue weighted by Crippen LogP contribution is 2.35. The van der Waals surface area contributed by atoms with Gasteiger partial charge in [-0.1, -0.05) is 25.8 Å². The molecular formula is C16H20F3N3O. The summed E-state index contributed by atoms with van der Waals surface area (Å²) in [7, 11) is 0. The topological polar surface area (TPSA) is 50.9 Å². The van der Waals surface area contributed by atoms with E-state index in [0.29, 0.717) is 17.5 Å². The fourth-order valence-corrected chi connectivity index (χ4v) is 2.74. The minimum Gasteiger partial charge on any atom is -0.383 e. The third-order valence-corrected chi connectivity index (χ3v) is 3.91. The lowest BCUT2D eigenvalue weighted by molar-refractivity contribution is -0.137. The first-order valence-corrected chi connectivity index (χ1v) is 7.49. The van der Waals surface area contributed by atoms with E-state index in [1.165, 1.54) is 18.7 Å². The summed E-state index contributed by atoms with van der Waals surface area (Å²) in [5.74, 6) is 0. The number of rotatable bonds is 6. The number of nitrogens with zero attached hydrogens (tertiary/aromatic N) is 3. The largest absolute Gasteiger partial charge is 0.416 e. The van der Waals surface area contributed by atoms with Gasteiger partial charge in [-0.2, -0.15) is 13.2 Å². The van der Waals surface area contributed by atoms with Gasteiger partial charge < -0.3 is 9.67 Å². The van der Waals surface area contributed by atoms with Gasteiger partial charge in [0.15, 0.2) is 0 Å². The summed E-state index contributed by atoms with van der Waals surface area (Å²) in [6.07, 6.45) is 0.670. The summed E-state index contributed by atoms with van der Waals surface area (Å²) in [5.41, 5.74) is -1.04. The van der Waals surface area contributed by atoms with Crippen molar-refractivity contribution in [2.24, 2.45) is 0 Å². The fraction of sp³-hybridized carbons (Fsp3) is 0.500. The molecule has 0 radical (unpaired) electrons. The van der Waals surface area contributed by atoms with Crippen LogP contribution in [0.4, 0.5) is 13.2 Å². The second-order valence-corrected chi connectivity index (χ2v) is 5.80. The average Bonchev–Trinajstić information content (AvgIpc) is 2.96. The van der Waals surface area contributed by atoms with Gasteiger partial charge >= 0.3 is 6.18 Å². The Hall–Kier alpha value is -1.89. The van der Waals surface area contributed by atoms with Gasteiger partial charge in [-0.3, -0.25) is 0 Å². The molecule has 7 heteroatoms. The van der Waals surface area contributed by atoms with E-state index in [9.17, 15) is 18.3 Å². The average molecular weight is 327 g/mol. The lowest BCUT2D eigenvalue weighted by atomic mass is 9.85. The minimum atomic E-state index is -4.39. The predicted octanol–water partition coefficient (Wildman–Crippen LogP) is 3.68. The molecule has 1 N–H and O–H groups in total. The standard InChI is InChI=1S/C16H20F3N3O/c1-3-4-7-15(23,9-22-10-20-21-11-22)14-6-5-13(8-12(14)2)16(17,18)19/h5-6,8,10-11,23H,3-4,7,9H2,1-2H3. The maximum Gasteiger partial charge on any atom is 0.416 e. The smallest absolute Gasteiger partial charge is 0.383 e. The Labute approximate surface area is 133 Å². The van der Waals surface area contributed by atoms with E-state index in [1.807, 2.05) is 6.92 Å². The van der Waals surface area contributed by atoms with E-state index in [0.717, 1.165) is 25.0 Å². The van der Waals surface area contributed by atoms with Gasteiger partial charge in [0.2, 0.25) is 0 Å². The van der Waals surface area contributed by atoms with Gasteiger partial charge in [0.1, 0.15) is 18.3 Å². The monoisotopic (exact) mass is 327 g/mol. The number of unbranched alkanes of at least 4 members (excludes halogenated alkanes) is 1. The molecule has 1 heterocycles. The van der Waals surface area contributed by atoms with E-state index in [1.54, 1.807) is 11.5 Å². The van der Waals surface area contributed by atoms with Crippen molar-refractivity contribution in [1.82, 2.24) is 14.8 Å². The zero-order valence-corrected chi connectivity index (χ0v) is 13.1. The van der Waals surface area contributed by atoms with Crippen molar-refractivity contribution in [1.29, 1.82) is 0 Å². The molecule has 0 saturated heterocycles. The lowest BCUT2D eigenvalue weighted by Gasteiger charge is -2.31. The molecule has 0 fully saturated rings. The summed E-state index contributed by atoms with van der Waals surface area (Å²) in [5, 5.41) is 18.5. The van der Waals surface area contributed by atoms with Gasteiger partial charge in [-0.05, 0) is 36.6 Å². The van der Waals surface area contributed by atoms with Crippen LogP contribution >= 0.6 is 0 Å². The number of benzene rings is 1. The Morgan fingerprint density at radius 3 is 2.35 bits per heavy atom. The van der Waals surface area contributed by atoms with Gasteiger partial charge in [0, 0.05) is 0 Å². The van der Waals surface area contributed by atoms with Gasteiger partial charge in [-0.25, -0.2) is 0 Å². The molecule has 1 atom stereocenters. The van der Waals surface area contributed by atoms with Crippen LogP contribution in [0.3, 0.4) is 0 Å². The molecule has 0 saturated carbocycles. The first kappa shape index (κ1) is 17.5. The quantitative estimate of drug-likeness (QED) is 0.880. The molecule has 0 amide bonds. The van der Waals surface area contributed by atoms with Crippen molar-refractivity contribution in [2.45, 2.75) is 51.4 Å². The number of alkyl halides is 3. The minimum absolute atomic E-state index is 0.201. The number of hydrogen-bond acceptors (Lipinski definition) is 3. The van der Waals surface area contributed by atoms with E-state index in [2.05, 4.69) is 10.2 Å². The van der Waals surface area contributed by atoms with Crippen molar-refractivity contribution >= 4 is 0 Å². The molecule has 126 valence electrons. The zero-order valence-electron chi connectivity index (χ0n) is 13.1. The van der Waals surface area contributed by atoms with Crippen LogP contribution in [0.25, 0.3) is 0 Å². The summed E-state index contributed by atoms with van der Waals surface area (Å²) in [4.78, 5) is 0. The van der Waals surface area contributed by atoms with E-state index in [-0.39, 0.29) is 6.54 Å². The predicted molar refractivity (Wildman–Crippen MR) is 79.6 cm³/mol. The Bertz CT molecular complexity index is 641. The van der Waals surface area contributed by atoms with Crippen LogP contribution in [-0.4, -0.2) is 19.9 Å².